The number of rotatable bonds is 3. The van der Waals surface area contributed by atoms with Crippen LogP contribution < -0.4 is 0 Å². The SMILES string of the molecule is N#Cc1ccc(C2=CC3CCC(C2)N3C(=O)OCc2ccccc2)cc1. The number of ether oxygens (including phenoxy) is 1. The molecule has 1 saturated heterocycles. The number of carbonyl (C=O) groups excluding carboxylic acids is 1. The zero-order chi connectivity index (χ0) is 17.9. The number of amides is 1. The lowest BCUT2D eigenvalue weighted by Crippen LogP contribution is -2.43. The van der Waals surface area contributed by atoms with E-state index in [0.717, 1.165) is 30.4 Å². The maximum absolute atomic E-state index is 12.6. The number of hydrogen-bond acceptors (Lipinski definition) is 3. The monoisotopic (exact) mass is 344 g/mol. The third-order valence-corrected chi connectivity index (χ3v) is 5.20. The predicted molar refractivity (Wildman–Crippen MR) is 99.0 cm³/mol. The molecule has 2 aromatic carbocycles. The molecule has 2 atom stereocenters. The largest absolute Gasteiger partial charge is 0.445 e. The summed E-state index contributed by atoms with van der Waals surface area (Å²) in [5, 5.41) is 8.94. The van der Waals surface area contributed by atoms with Crippen molar-refractivity contribution in [3.63, 3.8) is 0 Å². The van der Waals surface area contributed by atoms with Crippen LogP contribution in [0.1, 0.15) is 36.0 Å². The number of nitrogens with zero attached hydrogens (tertiary/aromatic N) is 2. The Balaban J connectivity index is 1.46. The van der Waals surface area contributed by atoms with Crippen LogP contribution >= 0.6 is 0 Å². The van der Waals surface area contributed by atoms with Gasteiger partial charge >= 0.3 is 6.09 Å². The van der Waals surface area contributed by atoms with Crippen molar-refractivity contribution >= 4 is 11.7 Å². The molecule has 4 heteroatoms. The van der Waals surface area contributed by atoms with Crippen molar-refractivity contribution in [3.8, 4) is 6.07 Å². The van der Waals surface area contributed by atoms with Crippen LogP contribution in [0.4, 0.5) is 4.79 Å². The molecule has 4 nitrogen and oxygen atoms in total. The van der Waals surface area contributed by atoms with Crippen LogP contribution in [0.15, 0.2) is 60.7 Å². The van der Waals surface area contributed by atoms with Crippen molar-refractivity contribution in [1.82, 2.24) is 4.90 Å². The minimum atomic E-state index is -0.225. The fourth-order valence-electron chi connectivity index (χ4n) is 3.88. The van der Waals surface area contributed by atoms with E-state index in [1.54, 1.807) is 0 Å². The van der Waals surface area contributed by atoms with Crippen LogP contribution in [0.3, 0.4) is 0 Å². The lowest BCUT2D eigenvalue weighted by Gasteiger charge is -2.33. The number of nitriles is 1. The molecule has 26 heavy (non-hydrogen) atoms. The Morgan fingerprint density at radius 2 is 1.88 bits per heavy atom. The summed E-state index contributed by atoms with van der Waals surface area (Å²) < 4.78 is 5.54. The van der Waals surface area contributed by atoms with Gasteiger partial charge in [0.2, 0.25) is 0 Å². The van der Waals surface area contributed by atoms with Gasteiger partial charge < -0.3 is 4.74 Å². The molecule has 1 fully saturated rings. The van der Waals surface area contributed by atoms with Gasteiger partial charge in [0.15, 0.2) is 0 Å². The van der Waals surface area contributed by atoms with Gasteiger partial charge in [-0.15, -0.1) is 0 Å². The van der Waals surface area contributed by atoms with Crippen LogP contribution in [-0.2, 0) is 11.3 Å². The highest BCUT2D eigenvalue weighted by atomic mass is 16.6. The molecule has 0 aliphatic carbocycles. The molecule has 1 amide bonds. The van der Waals surface area contributed by atoms with Crippen molar-refractivity contribution in [2.24, 2.45) is 0 Å². The molecule has 0 radical (unpaired) electrons. The van der Waals surface area contributed by atoms with Crippen molar-refractivity contribution in [2.45, 2.75) is 38.0 Å². The first-order valence-corrected chi connectivity index (χ1v) is 8.95. The number of fused-ring (bicyclic) bond motifs is 2. The molecule has 2 bridgehead atoms. The van der Waals surface area contributed by atoms with Crippen molar-refractivity contribution < 1.29 is 9.53 Å². The van der Waals surface area contributed by atoms with Gasteiger partial charge in [0.25, 0.3) is 0 Å². The molecule has 130 valence electrons. The Morgan fingerprint density at radius 3 is 2.58 bits per heavy atom. The van der Waals surface area contributed by atoms with E-state index in [2.05, 4.69) is 12.1 Å². The molecule has 0 N–H and O–H groups in total. The zero-order valence-corrected chi connectivity index (χ0v) is 14.5. The third-order valence-electron chi connectivity index (χ3n) is 5.20. The first-order valence-electron chi connectivity index (χ1n) is 8.95. The Kier molecular flexibility index (Phi) is 4.45. The highest BCUT2D eigenvalue weighted by Crippen LogP contribution is 2.39. The molecule has 4 rings (SSSR count). The molecule has 2 heterocycles. The van der Waals surface area contributed by atoms with E-state index in [1.165, 1.54) is 5.57 Å². The molecule has 2 aromatic rings. The summed E-state index contributed by atoms with van der Waals surface area (Å²) in [6.07, 6.45) is 4.78. The topological polar surface area (TPSA) is 53.3 Å². The normalized spacial score (nSPS) is 21.0. The maximum atomic E-state index is 12.6. The lowest BCUT2D eigenvalue weighted by atomic mass is 9.94. The summed E-state index contributed by atoms with van der Waals surface area (Å²) in [6.45, 7) is 0.307. The zero-order valence-electron chi connectivity index (χ0n) is 14.5. The summed E-state index contributed by atoms with van der Waals surface area (Å²) in [4.78, 5) is 14.5. The van der Waals surface area contributed by atoms with Gasteiger partial charge in [0.1, 0.15) is 6.61 Å². The van der Waals surface area contributed by atoms with E-state index in [-0.39, 0.29) is 18.2 Å². The third kappa shape index (κ3) is 3.21. The van der Waals surface area contributed by atoms with Crippen molar-refractivity contribution in [3.05, 3.63) is 77.4 Å². The fourth-order valence-corrected chi connectivity index (χ4v) is 3.88. The molecular formula is C22H20N2O2. The van der Waals surface area contributed by atoms with E-state index < -0.39 is 0 Å². The highest BCUT2D eigenvalue weighted by Gasteiger charge is 2.40. The predicted octanol–water partition coefficient (Wildman–Crippen LogP) is 4.52. The minimum Gasteiger partial charge on any atom is -0.445 e. The lowest BCUT2D eigenvalue weighted by molar-refractivity contribution is 0.0832. The maximum Gasteiger partial charge on any atom is 0.410 e. The molecule has 0 aromatic heterocycles. The van der Waals surface area contributed by atoms with Crippen molar-refractivity contribution in [1.29, 1.82) is 5.26 Å². The van der Waals surface area contributed by atoms with Crippen molar-refractivity contribution in [2.75, 3.05) is 0 Å². The molecular weight excluding hydrogens is 324 g/mol. The van der Waals surface area contributed by atoms with E-state index >= 15 is 0 Å². The first-order chi connectivity index (χ1) is 12.7. The second kappa shape index (κ2) is 7.05. The first kappa shape index (κ1) is 16.4. The summed E-state index contributed by atoms with van der Waals surface area (Å²) in [5.41, 5.74) is 4.06. The van der Waals surface area contributed by atoms with Gasteiger partial charge in [-0.25, -0.2) is 4.79 Å². The summed E-state index contributed by atoms with van der Waals surface area (Å²) in [7, 11) is 0. The Hall–Kier alpha value is -3.06. The quantitative estimate of drug-likeness (QED) is 0.823. The van der Waals surface area contributed by atoms with Crippen LogP contribution in [0.2, 0.25) is 0 Å². The number of benzene rings is 2. The van der Waals surface area contributed by atoms with Crippen LogP contribution in [0, 0.1) is 11.3 Å². The molecule has 2 aliphatic heterocycles. The Morgan fingerprint density at radius 1 is 1.12 bits per heavy atom. The van der Waals surface area contributed by atoms with E-state index in [1.807, 2.05) is 59.5 Å². The summed E-state index contributed by atoms with van der Waals surface area (Å²) in [6, 6.07) is 19.9. The van der Waals surface area contributed by atoms with Gasteiger partial charge in [-0.05, 0) is 48.1 Å². The van der Waals surface area contributed by atoms with Crippen LogP contribution in [0.5, 0.6) is 0 Å². The van der Waals surface area contributed by atoms with Crippen LogP contribution in [0.25, 0.3) is 5.57 Å². The minimum absolute atomic E-state index is 0.0997. The Labute approximate surface area is 153 Å². The molecule has 0 saturated carbocycles. The summed E-state index contributed by atoms with van der Waals surface area (Å²) >= 11 is 0. The van der Waals surface area contributed by atoms with E-state index in [0.29, 0.717) is 12.2 Å². The van der Waals surface area contributed by atoms with Gasteiger partial charge in [-0.1, -0.05) is 48.5 Å². The van der Waals surface area contributed by atoms with E-state index in [4.69, 9.17) is 10.00 Å². The Bertz CT molecular complexity index is 865. The van der Waals surface area contributed by atoms with Gasteiger partial charge in [0, 0.05) is 6.04 Å². The van der Waals surface area contributed by atoms with Gasteiger partial charge in [-0.2, -0.15) is 5.26 Å². The number of carbonyl (C=O) groups is 1. The summed E-state index contributed by atoms with van der Waals surface area (Å²) in [5.74, 6) is 0. The second-order valence-electron chi connectivity index (χ2n) is 6.83. The average Bonchev–Trinajstić information content (AvgIpc) is 2.96. The van der Waals surface area contributed by atoms with Crippen LogP contribution in [-0.4, -0.2) is 23.1 Å². The second-order valence-corrected chi connectivity index (χ2v) is 6.83. The standard InChI is InChI=1S/C22H20N2O2/c23-14-16-6-8-18(9-7-16)19-12-20-10-11-21(13-19)24(20)22(25)26-15-17-4-2-1-3-5-17/h1-9,12,20-21H,10-11,13,15H2. The average molecular weight is 344 g/mol. The fraction of sp³-hybridized carbons (Fsp3) is 0.273. The highest BCUT2D eigenvalue weighted by molar-refractivity contribution is 5.75. The van der Waals surface area contributed by atoms with Gasteiger partial charge in [0.05, 0.1) is 17.7 Å². The molecule has 0 spiro atoms. The smallest absolute Gasteiger partial charge is 0.410 e. The molecule has 2 aliphatic rings. The number of hydrogen-bond donors (Lipinski definition) is 0. The van der Waals surface area contributed by atoms with Gasteiger partial charge in [-0.3, -0.25) is 4.90 Å². The van der Waals surface area contributed by atoms with E-state index in [9.17, 15) is 4.79 Å². The molecule has 2 unspecified atom stereocenters.